The lowest BCUT2D eigenvalue weighted by atomic mass is 9.58. The summed E-state index contributed by atoms with van der Waals surface area (Å²) in [5.74, 6) is -1.97. The van der Waals surface area contributed by atoms with E-state index < -0.39 is 22.9 Å². The predicted octanol–water partition coefficient (Wildman–Crippen LogP) is 4.01. The third kappa shape index (κ3) is 4.00. The average Bonchev–Trinajstić information content (AvgIpc) is 2.84. The first-order chi connectivity index (χ1) is 13.6. The molecule has 1 heterocycles. The van der Waals surface area contributed by atoms with E-state index in [0.29, 0.717) is 11.1 Å². The molecule has 3 unspecified atom stereocenters. The molecule has 0 spiro atoms. The number of Topliss-reactive ketones (excluding diaryl/α,β-unsaturated/α-hetero) is 1. The van der Waals surface area contributed by atoms with E-state index in [2.05, 4.69) is 0 Å². The summed E-state index contributed by atoms with van der Waals surface area (Å²) in [6.07, 6.45) is 13.1. The number of esters is 1. The van der Waals surface area contributed by atoms with Gasteiger partial charge in [0, 0.05) is 18.8 Å². The Morgan fingerprint density at radius 1 is 0.966 bits per heavy atom. The van der Waals surface area contributed by atoms with E-state index in [1.54, 1.807) is 57.2 Å². The summed E-state index contributed by atoms with van der Waals surface area (Å²) in [7, 11) is 0. The second-order valence-electron chi connectivity index (χ2n) is 7.77. The summed E-state index contributed by atoms with van der Waals surface area (Å²) in [5.41, 5.74) is -1.76. The minimum absolute atomic E-state index is 0.0160. The molecule has 3 atom stereocenters. The number of hydrogen-bond acceptors (Lipinski definition) is 5. The van der Waals surface area contributed by atoms with Crippen molar-refractivity contribution in [3.63, 3.8) is 0 Å². The first-order valence-electron chi connectivity index (χ1n) is 9.75. The number of carbonyl (C=O) groups is 4. The molecular formula is C24H28O5. The highest BCUT2D eigenvalue weighted by atomic mass is 16.6. The predicted molar refractivity (Wildman–Crippen MR) is 111 cm³/mol. The van der Waals surface area contributed by atoms with Crippen LogP contribution in [-0.4, -0.2) is 28.9 Å². The van der Waals surface area contributed by atoms with E-state index in [0.717, 1.165) is 0 Å². The minimum atomic E-state index is -1.40. The second kappa shape index (κ2) is 8.68. The summed E-state index contributed by atoms with van der Waals surface area (Å²) in [6.45, 7) is 8.56. The lowest BCUT2D eigenvalue weighted by Crippen LogP contribution is -2.50. The van der Waals surface area contributed by atoms with Gasteiger partial charge in [0.15, 0.2) is 17.2 Å². The Morgan fingerprint density at radius 2 is 1.52 bits per heavy atom. The third-order valence-corrected chi connectivity index (χ3v) is 5.89. The molecule has 5 heteroatoms. The monoisotopic (exact) mass is 396 g/mol. The highest BCUT2D eigenvalue weighted by Gasteiger charge is 2.68. The fourth-order valence-corrected chi connectivity index (χ4v) is 4.27. The van der Waals surface area contributed by atoms with Crippen LogP contribution in [0.5, 0.6) is 0 Å². The van der Waals surface area contributed by atoms with E-state index in [1.807, 2.05) is 13.8 Å². The summed E-state index contributed by atoms with van der Waals surface area (Å²) in [4.78, 5) is 50.9. The number of ketones is 3. The standard InChI is InChI=1S/C24H28O5/c1-6-8-10-12-17(25)14-19-16(3)21(27)24(5)20(23(19,4)22(28)29-24)15-18(26)13-11-9-7-2/h6-13,20H,14-15H2,1-5H3/b8-6+,9-7+,12-10+,13-11+. The van der Waals surface area contributed by atoms with Crippen molar-refractivity contribution in [1.29, 1.82) is 0 Å². The SMILES string of the molecule is C/C=C/C=C/C(=O)CC1=C(C)C(=O)C2(C)OC(=O)C1(C)C2CC(=O)/C=C/C=C/C. The van der Waals surface area contributed by atoms with Crippen molar-refractivity contribution in [3.05, 3.63) is 59.8 Å². The lowest BCUT2D eigenvalue weighted by molar-refractivity contribution is -0.156. The molecule has 0 aromatic heterocycles. The van der Waals surface area contributed by atoms with Crippen LogP contribution < -0.4 is 0 Å². The number of ether oxygens (including phenoxy) is 1. The fraction of sp³-hybridized carbons (Fsp3) is 0.417. The van der Waals surface area contributed by atoms with E-state index >= 15 is 0 Å². The molecule has 1 aliphatic heterocycles. The van der Waals surface area contributed by atoms with Crippen LogP contribution in [0.4, 0.5) is 0 Å². The molecule has 0 saturated carbocycles. The van der Waals surface area contributed by atoms with Gasteiger partial charge < -0.3 is 4.74 Å². The van der Waals surface area contributed by atoms with Crippen LogP contribution in [0.2, 0.25) is 0 Å². The van der Waals surface area contributed by atoms with Gasteiger partial charge in [-0.3, -0.25) is 19.2 Å². The highest BCUT2D eigenvalue weighted by Crippen LogP contribution is 2.58. The molecule has 1 aliphatic carbocycles. The number of carbonyl (C=O) groups excluding carboxylic acids is 4. The minimum Gasteiger partial charge on any atom is -0.450 e. The summed E-state index contributed by atoms with van der Waals surface area (Å²) < 4.78 is 5.55. The molecule has 0 aromatic rings. The van der Waals surface area contributed by atoms with Gasteiger partial charge in [-0.1, -0.05) is 36.5 Å². The second-order valence-corrected chi connectivity index (χ2v) is 7.77. The first-order valence-corrected chi connectivity index (χ1v) is 9.75. The van der Waals surface area contributed by atoms with Gasteiger partial charge in [-0.25, -0.2) is 0 Å². The molecule has 5 nitrogen and oxygen atoms in total. The van der Waals surface area contributed by atoms with Crippen molar-refractivity contribution in [2.45, 2.75) is 53.1 Å². The van der Waals surface area contributed by atoms with Gasteiger partial charge in [0.05, 0.1) is 5.41 Å². The van der Waals surface area contributed by atoms with Crippen molar-refractivity contribution in [2.75, 3.05) is 0 Å². The van der Waals surface area contributed by atoms with Crippen molar-refractivity contribution in [2.24, 2.45) is 11.3 Å². The number of allylic oxidation sites excluding steroid dienone is 8. The molecular weight excluding hydrogens is 368 g/mol. The van der Waals surface area contributed by atoms with Crippen LogP contribution in [0.1, 0.15) is 47.5 Å². The van der Waals surface area contributed by atoms with Crippen LogP contribution in [0.15, 0.2) is 59.8 Å². The Kier molecular flexibility index (Phi) is 6.73. The Balaban J connectivity index is 2.45. The van der Waals surface area contributed by atoms with Crippen LogP contribution in [0.25, 0.3) is 0 Å². The zero-order valence-electron chi connectivity index (χ0n) is 17.7. The molecule has 0 amide bonds. The zero-order valence-corrected chi connectivity index (χ0v) is 17.7. The summed E-state index contributed by atoms with van der Waals surface area (Å²) >= 11 is 0. The molecule has 0 N–H and O–H groups in total. The van der Waals surface area contributed by atoms with Crippen molar-refractivity contribution >= 4 is 23.3 Å². The van der Waals surface area contributed by atoms with Gasteiger partial charge in [-0.05, 0) is 57.9 Å². The normalized spacial score (nSPS) is 29.8. The molecule has 154 valence electrons. The van der Waals surface area contributed by atoms with E-state index in [4.69, 9.17) is 4.74 Å². The van der Waals surface area contributed by atoms with Crippen molar-refractivity contribution in [1.82, 2.24) is 0 Å². The Labute approximate surface area is 171 Å². The van der Waals surface area contributed by atoms with Gasteiger partial charge in [0.1, 0.15) is 0 Å². The largest absolute Gasteiger partial charge is 0.450 e. The highest BCUT2D eigenvalue weighted by molar-refractivity contribution is 6.11. The maximum Gasteiger partial charge on any atom is 0.317 e. The van der Waals surface area contributed by atoms with Crippen LogP contribution in [0.3, 0.4) is 0 Å². The number of hydrogen-bond donors (Lipinski definition) is 0. The van der Waals surface area contributed by atoms with Crippen LogP contribution in [0, 0.1) is 11.3 Å². The van der Waals surface area contributed by atoms with Gasteiger partial charge in [-0.15, -0.1) is 0 Å². The summed E-state index contributed by atoms with van der Waals surface area (Å²) in [5, 5.41) is 0. The number of rotatable bonds is 8. The van der Waals surface area contributed by atoms with Crippen LogP contribution in [-0.2, 0) is 23.9 Å². The first kappa shape index (κ1) is 22.5. The van der Waals surface area contributed by atoms with Gasteiger partial charge in [-0.2, -0.15) is 0 Å². The smallest absolute Gasteiger partial charge is 0.317 e. The lowest BCUT2D eigenvalue weighted by Gasteiger charge is -2.40. The van der Waals surface area contributed by atoms with Gasteiger partial charge in [0.25, 0.3) is 0 Å². The Morgan fingerprint density at radius 3 is 2.07 bits per heavy atom. The fourth-order valence-electron chi connectivity index (χ4n) is 4.27. The maximum absolute atomic E-state index is 13.1. The zero-order chi connectivity index (χ0) is 21.8. The van der Waals surface area contributed by atoms with E-state index in [1.165, 1.54) is 12.2 Å². The molecule has 2 aliphatic rings. The van der Waals surface area contributed by atoms with Gasteiger partial charge in [0.2, 0.25) is 5.78 Å². The molecule has 1 fully saturated rings. The van der Waals surface area contributed by atoms with Crippen LogP contribution >= 0.6 is 0 Å². The molecule has 2 rings (SSSR count). The molecule has 0 aromatic carbocycles. The van der Waals surface area contributed by atoms with E-state index in [9.17, 15) is 19.2 Å². The van der Waals surface area contributed by atoms with Gasteiger partial charge >= 0.3 is 5.97 Å². The molecule has 0 radical (unpaired) electrons. The number of fused-ring (bicyclic) bond motifs is 2. The molecule has 1 saturated heterocycles. The third-order valence-electron chi connectivity index (χ3n) is 5.89. The Bertz CT molecular complexity index is 883. The molecule has 29 heavy (non-hydrogen) atoms. The Hall–Kier alpha value is -2.82. The summed E-state index contributed by atoms with van der Waals surface area (Å²) in [6, 6.07) is 0. The van der Waals surface area contributed by atoms with Crippen molar-refractivity contribution in [3.8, 4) is 0 Å². The molecule has 2 bridgehead atoms. The maximum atomic E-state index is 13.1. The average molecular weight is 396 g/mol. The van der Waals surface area contributed by atoms with Crippen molar-refractivity contribution < 1.29 is 23.9 Å². The quantitative estimate of drug-likeness (QED) is 0.352. The topological polar surface area (TPSA) is 77.5 Å². The van der Waals surface area contributed by atoms with E-state index in [-0.39, 0.29) is 30.2 Å².